The van der Waals surface area contributed by atoms with Gasteiger partial charge in [-0.15, -0.1) is 0 Å². The highest BCUT2D eigenvalue weighted by molar-refractivity contribution is 5.14. The zero-order valence-electron chi connectivity index (χ0n) is 10.4. The summed E-state index contributed by atoms with van der Waals surface area (Å²) in [4.78, 5) is 0. The lowest BCUT2D eigenvalue weighted by atomic mass is 10.1. The summed E-state index contributed by atoms with van der Waals surface area (Å²) < 4.78 is 5.70. The predicted molar refractivity (Wildman–Crippen MR) is 68.7 cm³/mol. The standard InChI is InChI=1S/C14H23NO/c1-3-15-12-13(2)16-11-7-10-14-8-5-4-6-9-14/h4-6,8-9,13,15H,3,7,10-12H2,1-2H3. The number of rotatable bonds is 8. The van der Waals surface area contributed by atoms with Crippen molar-refractivity contribution in [2.75, 3.05) is 19.7 Å². The highest BCUT2D eigenvalue weighted by Crippen LogP contribution is 2.03. The van der Waals surface area contributed by atoms with Gasteiger partial charge >= 0.3 is 0 Å². The third-order valence-electron chi connectivity index (χ3n) is 2.54. The quantitative estimate of drug-likeness (QED) is 0.681. The van der Waals surface area contributed by atoms with Crippen molar-refractivity contribution in [1.82, 2.24) is 5.32 Å². The number of likely N-dealkylation sites (N-methyl/N-ethyl adjacent to an activating group) is 1. The van der Waals surface area contributed by atoms with Crippen LogP contribution >= 0.6 is 0 Å². The molecule has 0 fully saturated rings. The van der Waals surface area contributed by atoms with E-state index in [0.29, 0.717) is 6.10 Å². The van der Waals surface area contributed by atoms with Gasteiger partial charge in [-0.05, 0) is 31.9 Å². The highest BCUT2D eigenvalue weighted by Gasteiger charge is 2.00. The Kier molecular flexibility index (Phi) is 6.86. The van der Waals surface area contributed by atoms with Gasteiger partial charge in [0.15, 0.2) is 0 Å². The van der Waals surface area contributed by atoms with E-state index in [1.807, 2.05) is 0 Å². The van der Waals surface area contributed by atoms with Crippen LogP contribution in [-0.4, -0.2) is 25.8 Å². The molecule has 1 atom stereocenters. The Morgan fingerprint density at radius 2 is 2.00 bits per heavy atom. The van der Waals surface area contributed by atoms with E-state index in [-0.39, 0.29) is 0 Å². The molecule has 0 aliphatic heterocycles. The summed E-state index contributed by atoms with van der Waals surface area (Å²) >= 11 is 0. The zero-order chi connectivity index (χ0) is 11.6. The molecule has 0 saturated carbocycles. The maximum atomic E-state index is 5.70. The Labute approximate surface area is 99.0 Å². The van der Waals surface area contributed by atoms with Gasteiger partial charge in [0.2, 0.25) is 0 Å². The minimum atomic E-state index is 0.315. The molecule has 1 rings (SSSR count). The highest BCUT2D eigenvalue weighted by atomic mass is 16.5. The fourth-order valence-corrected chi connectivity index (χ4v) is 1.61. The molecule has 2 heteroatoms. The number of hydrogen-bond donors (Lipinski definition) is 1. The largest absolute Gasteiger partial charge is 0.377 e. The van der Waals surface area contributed by atoms with E-state index in [9.17, 15) is 0 Å². The van der Waals surface area contributed by atoms with Gasteiger partial charge in [0.25, 0.3) is 0 Å². The maximum Gasteiger partial charge on any atom is 0.0671 e. The normalized spacial score (nSPS) is 12.6. The summed E-state index contributed by atoms with van der Waals surface area (Å²) in [6.07, 6.45) is 2.52. The predicted octanol–water partition coefficient (Wildman–Crippen LogP) is 2.63. The van der Waals surface area contributed by atoms with Crippen LogP contribution in [0.2, 0.25) is 0 Å². The van der Waals surface area contributed by atoms with Crippen molar-refractivity contribution in [3.8, 4) is 0 Å². The van der Waals surface area contributed by atoms with Crippen molar-refractivity contribution < 1.29 is 4.74 Å². The molecule has 0 aromatic heterocycles. The van der Waals surface area contributed by atoms with Crippen molar-refractivity contribution >= 4 is 0 Å². The zero-order valence-corrected chi connectivity index (χ0v) is 10.4. The average Bonchev–Trinajstić information content (AvgIpc) is 2.33. The van der Waals surface area contributed by atoms with Crippen LogP contribution in [0.15, 0.2) is 30.3 Å². The number of benzene rings is 1. The number of aryl methyl sites for hydroxylation is 1. The molecule has 0 aliphatic carbocycles. The first kappa shape index (κ1) is 13.2. The molecule has 1 aromatic carbocycles. The average molecular weight is 221 g/mol. The van der Waals surface area contributed by atoms with Crippen molar-refractivity contribution in [1.29, 1.82) is 0 Å². The summed E-state index contributed by atoms with van der Waals surface area (Å²) in [5, 5.41) is 3.28. The Bertz CT molecular complexity index is 261. The molecule has 0 saturated heterocycles. The van der Waals surface area contributed by atoms with E-state index in [4.69, 9.17) is 4.74 Å². The van der Waals surface area contributed by atoms with Crippen molar-refractivity contribution in [2.24, 2.45) is 0 Å². The minimum absolute atomic E-state index is 0.315. The molecule has 0 spiro atoms. The second-order valence-electron chi connectivity index (χ2n) is 4.08. The van der Waals surface area contributed by atoms with E-state index >= 15 is 0 Å². The van der Waals surface area contributed by atoms with Gasteiger partial charge < -0.3 is 10.1 Å². The molecular formula is C14H23NO. The van der Waals surface area contributed by atoms with Crippen LogP contribution in [0.3, 0.4) is 0 Å². The van der Waals surface area contributed by atoms with Crippen LogP contribution in [-0.2, 0) is 11.2 Å². The lowest BCUT2D eigenvalue weighted by Gasteiger charge is -2.13. The molecule has 16 heavy (non-hydrogen) atoms. The van der Waals surface area contributed by atoms with E-state index in [1.54, 1.807) is 0 Å². The Morgan fingerprint density at radius 1 is 1.25 bits per heavy atom. The van der Waals surface area contributed by atoms with Gasteiger partial charge in [-0.3, -0.25) is 0 Å². The van der Waals surface area contributed by atoms with Crippen LogP contribution in [0, 0.1) is 0 Å². The molecule has 0 heterocycles. The van der Waals surface area contributed by atoms with Crippen LogP contribution in [0.4, 0.5) is 0 Å². The van der Waals surface area contributed by atoms with Crippen molar-refractivity contribution in [2.45, 2.75) is 32.8 Å². The lowest BCUT2D eigenvalue weighted by Crippen LogP contribution is -2.26. The topological polar surface area (TPSA) is 21.3 Å². The fraction of sp³-hybridized carbons (Fsp3) is 0.571. The monoisotopic (exact) mass is 221 g/mol. The second kappa shape index (κ2) is 8.31. The van der Waals surface area contributed by atoms with Gasteiger partial charge in [-0.25, -0.2) is 0 Å². The van der Waals surface area contributed by atoms with Gasteiger partial charge in [0.05, 0.1) is 6.10 Å². The van der Waals surface area contributed by atoms with Gasteiger partial charge in [0, 0.05) is 13.2 Å². The summed E-state index contributed by atoms with van der Waals surface area (Å²) in [5.74, 6) is 0. The first-order valence-corrected chi connectivity index (χ1v) is 6.19. The third kappa shape index (κ3) is 5.89. The van der Waals surface area contributed by atoms with Crippen molar-refractivity contribution in [3.63, 3.8) is 0 Å². The molecule has 1 unspecified atom stereocenters. The molecule has 0 radical (unpaired) electrons. The number of hydrogen-bond acceptors (Lipinski definition) is 2. The van der Waals surface area contributed by atoms with Gasteiger partial charge in [-0.2, -0.15) is 0 Å². The van der Waals surface area contributed by atoms with E-state index in [0.717, 1.165) is 32.5 Å². The molecule has 0 amide bonds. The lowest BCUT2D eigenvalue weighted by molar-refractivity contribution is 0.0648. The third-order valence-corrected chi connectivity index (χ3v) is 2.54. The molecule has 90 valence electrons. The molecule has 0 aliphatic rings. The summed E-state index contributed by atoms with van der Waals surface area (Å²) in [5.41, 5.74) is 1.39. The molecular weight excluding hydrogens is 198 g/mol. The van der Waals surface area contributed by atoms with Crippen LogP contribution in [0.5, 0.6) is 0 Å². The molecule has 2 nitrogen and oxygen atoms in total. The summed E-state index contributed by atoms with van der Waals surface area (Å²) in [6.45, 7) is 7.04. The molecule has 1 aromatic rings. The SMILES string of the molecule is CCNCC(C)OCCCc1ccccc1. The fourth-order valence-electron chi connectivity index (χ4n) is 1.61. The van der Waals surface area contributed by atoms with Crippen LogP contribution in [0.25, 0.3) is 0 Å². The Hall–Kier alpha value is -0.860. The van der Waals surface area contributed by atoms with Gasteiger partial charge in [-0.1, -0.05) is 37.3 Å². The van der Waals surface area contributed by atoms with E-state index < -0.39 is 0 Å². The smallest absolute Gasteiger partial charge is 0.0671 e. The van der Waals surface area contributed by atoms with Crippen LogP contribution in [0.1, 0.15) is 25.8 Å². The van der Waals surface area contributed by atoms with E-state index in [2.05, 4.69) is 49.5 Å². The number of nitrogens with one attached hydrogen (secondary N) is 1. The maximum absolute atomic E-state index is 5.70. The Balaban J connectivity index is 2.03. The second-order valence-corrected chi connectivity index (χ2v) is 4.08. The Morgan fingerprint density at radius 3 is 2.69 bits per heavy atom. The summed E-state index contributed by atoms with van der Waals surface area (Å²) in [6, 6.07) is 10.6. The molecule has 0 bridgehead atoms. The first-order chi connectivity index (χ1) is 7.83. The van der Waals surface area contributed by atoms with Gasteiger partial charge in [0.1, 0.15) is 0 Å². The number of ether oxygens (including phenoxy) is 1. The minimum Gasteiger partial charge on any atom is -0.377 e. The first-order valence-electron chi connectivity index (χ1n) is 6.19. The van der Waals surface area contributed by atoms with Crippen LogP contribution < -0.4 is 5.32 Å². The van der Waals surface area contributed by atoms with Crippen molar-refractivity contribution in [3.05, 3.63) is 35.9 Å². The van der Waals surface area contributed by atoms with E-state index in [1.165, 1.54) is 5.56 Å². The molecule has 1 N–H and O–H groups in total. The summed E-state index contributed by atoms with van der Waals surface area (Å²) in [7, 11) is 0.